The van der Waals surface area contributed by atoms with Gasteiger partial charge < -0.3 is 15.2 Å². The van der Waals surface area contributed by atoms with Crippen molar-refractivity contribution in [2.24, 2.45) is 5.73 Å². The Morgan fingerprint density at radius 3 is 1.66 bits per heavy atom. The summed E-state index contributed by atoms with van der Waals surface area (Å²) >= 11 is 0. The highest BCUT2D eigenvalue weighted by atomic mass is 16.5. The molecule has 0 spiro atoms. The van der Waals surface area contributed by atoms with Crippen LogP contribution in [0, 0.1) is 0 Å². The van der Waals surface area contributed by atoms with E-state index in [0.717, 1.165) is 23.1 Å². The molecule has 3 rings (SSSR count). The minimum Gasteiger partial charge on any atom is -0.369 e. The standard InChI is InChI=1S/C26H31NO2/c1-3-26(2,27)20-29-25(23-17-11-6-12-18-23)24(22-15-9-5-10-16-22)28-19-21-13-7-4-8-14-21/h4-18,24-25H,3,19-20,27H2,1-2H3/t24-,25-,26-/m1/s1. The second kappa shape index (κ2) is 10.4. The van der Waals surface area contributed by atoms with Crippen LogP contribution < -0.4 is 5.73 Å². The topological polar surface area (TPSA) is 44.5 Å². The third-order valence-corrected chi connectivity index (χ3v) is 5.20. The summed E-state index contributed by atoms with van der Waals surface area (Å²) in [7, 11) is 0. The highest BCUT2D eigenvalue weighted by Gasteiger charge is 2.29. The van der Waals surface area contributed by atoms with Gasteiger partial charge in [0.15, 0.2) is 0 Å². The molecule has 0 radical (unpaired) electrons. The molecule has 0 aromatic heterocycles. The number of rotatable bonds is 10. The summed E-state index contributed by atoms with van der Waals surface area (Å²) in [5.74, 6) is 0. The molecule has 0 saturated heterocycles. The third-order valence-electron chi connectivity index (χ3n) is 5.20. The van der Waals surface area contributed by atoms with E-state index in [-0.39, 0.29) is 17.7 Å². The fourth-order valence-electron chi connectivity index (χ4n) is 3.14. The molecular weight excluding hydrogens is 358 g/mol. The summed E-state index contributed by atoms with van der Waals surface area (Å²) < 4.78 is 12.9. The van der Waals surface area contributed by atoms with E-state index < -0.39 is 0 Å². The van der Waals surface area contributed by atoms with Gasteiger partial charge in [0.05, 0.1) is 13.2 Å². The Morgan fingerprint density at radius 2 is 1.17 bits per heavy atom. The summed E-state index contributed by atoms with van der Waals surface area (Å²) in [6.45, 7) is 5.08. The molecule has 0 bridgehead atoms. The Kier molecular flexibility index (Phi) is 7.59. The van der Waals surface area contributed by atoms with Crippen LogP contribution in [-0.2, 0) is 16.1 Å². The van der Waals surface area contributed by atoms with Crippen LogP contribution >= 0.6 is 0 Å². The molecule has 0 aliphatic heterocycles. The van der Waals surface area contributed by atoms with Crippen LogP contribution in [0.3, 0.4) is 0 Å². The lowest BCUT2D eigenvalue weighted by Gasteiger charge is -2.32. The molecule has 0 saturated carbocycles. The molecule has 0 aliphatic carbocycles. The second-order valence-electron chi connectivity index (χ2n) is 7.78. The molecule has 29 heavy (non-hydrogen) atoms. The number of nitrogens with two attached hydrogens (primary N) is 1. The summed E-state index contributed by atoms with van der Waals surface area (Å²) in [5, 5.41) is 0. The van der Waals surface area contributed by atoms with Crippen LogP contribution in [0.5, 0.6) is 0 Å². The normalized spacial score (nSPS) is 15.4. The van der Waals surface area contributed by atoms with Gasteiger partial charge in [-0.1, -0.05) is 97.9 Å². The highest BCUT2D eigenvalue weighted by Crippen LogP contribution is 2.36. The number of hydrogen-bond acceptors (Lipinski definition) is 3. The maximum atomic E-state index is 6.46. The summed E-state index contributed by atoms with van der Waals surface area (Å²) in [4.78, 5) is 0. The average molecular weight is 390 g/mol. The summed E-state index contributed by atoms with van der Waals surface area (Å²) in [5.41, 5.74) is 9.31. The van der Waals surface area contributed by atoms with Gasteiger partial charge in [-0.05, 0) is 30.0 Å². The largest absolute Gasteiger partial charge is 0.369 e. The Labute approximate surface area is 174 Å². The first-order chi connectivity index (χ1) is 14.1. The first-order valence-corrected chi connectivity index (χ1v) is 10.2. The lowest BCUT2D eigenvalue weighted by atomic mass is 9.96. The van der Waals surface area contributed by atoms with Gasteiger partial charge in [0, 0.05) is 5.54 Å². The zero-order valence-corrected chi connectivity index (χ0v) is 17.3. The molecule has 3 aromatic carbocycles. The highest BCUT2D eigenvalue weighted by molar-refractivity contribution is 5.26. The van der Waals surface area contributed by atoms with Crippen molar-refractivity contribution in [3.8, 4) is 0 Å². The van der Waals surface area contributed by atoms with Gasteiger partial charge >= 0.3 is 0 Å². The maximum absolute atomic E-state index is 6.46. The van der Waals surface area contributed by atoms with Crippen LogP contribution in [0.25, 0.3) is 0 Å². The predicted octanol–water partition coefficient (Wildman–Crippen LogP) is 5.83. The van der Waals surface area contributed by atoms with Gasteiger partial charge in [0.1, 0.15) is 12.2 Å². The van der Waals surface area contributed by atoms with Gasteiger partial charge in [-0.3, -0.25) is 0 Å². The first-order valence-electron chi connectivity index (χ1n) is 10.2. The second-order valence-corrected chi connectivity index (χ2v) is 7.78. The van der Waals surface area contributed by atoms with E-state index in [0.29, 0.717) is 13.2 Å². The van der Waals surface area contributed by atoms with E-state index in [1.165, 1.54) is 0 Å². The summed E-state index contributed by atoms with van der Waals surface area (Å²) in [6.07, 6.45) is 0.346. The van der Waals surface area contributed by atoms with Crippen molar-refractivity contribution in [1.82, 2.24) is 0 Å². The zero-order chi connectivity index (χ0) is 20.5. The van der Waals surface area contributed by atoms with E-state index >= 15 is 0 Å². The molecule has 0 unspecified atom stereocenters. The monoisotopic (exact) mass is 389 g/mol. The van der Waals surface area contributed by atoms with Gasteiger partial charge in [-0.25, -0.2) is 0 Å². The van der Waals surface area contributed by atoms with Crippen molar-refractivity contribution in [1.29, 1.82) is 0 Å². The molecule has 0 aliphatic rings. The fourth-order valence-corrected chi connectivity index (χ4v) is 3.14. The van der Waals surface area contributed by atoms with E-state index in [1.54, 1.807) is 0 Å². The SMILES string of the molecule is CC[C@@](C)(N)CO[C@H](c1ccccc1)[C@H](OCc1ccccc1)c1ccccc1. The van der Waals surface area contributed by atoms with Crippen LogP contribution in [0.15, 0.2) is 91.0 Å². The Balaban J connectivity index is 1.90. The van der Waals surface area contributed by atoms with Gasteiger partial charge in [0.2, 0.25) is 0 Å². The molecule has 3 heteroatoms. The first kappa shape index (κ1) is 21.3. The van der Waals surface area contributed by atoms with Crippen molar-refractivity contribution < 1.29 is 9.47 Å². The van der Waals surface area contributed by atoms with E-state index in [9.17, 15) is 0 Å². The van der Waals surface area contributed by atoms with Crippen molar-refractivity contribution in [3.05, 3.63) is 108 Å². The van der Waals surface area contributed by atoms with Crippen LogP contribution in [-0.4, -0.2) is 12.1 Å². The molecule has 0 amide bonds. The van der Waals surface area contributed by atoms with Crippen LogP contribution in [0.1, 0.15) is 49.2 Å². The molecule has 152 valence electrons. The van der Waals surface area contributed by atoms with E-state index in [4.69, 9.17) is 15.2 Å². The van der Waals surface area contributed by atoms with Crippen molar-refractivity contribution in [3.63, 3.8) is 0 Å². The molecule has 3 aromatic rings. The number of ether oxygens (including phenoxy) is 2. The van der Waals surface area contributed by atoms with E-state index in [1.807, 2.05) is 61.5 Å². The van der Waals surface area contributed by atoms with Crippen molar-refractivity contribution >= 4 is 0 Å². The molecule has 3 nitrogen and oxygen atoms in total. The fraction of sp³-hybridized carbons (Fsp3) is 0.308. The average Bonchev–Trinajstić information content (AvgIpc) is 2.78. The molecule has 2 N–H and O–H groups in total. The van der Waals surface area contributed by atoms with Crippen molar-refractivity contribution in [2.45, 2.75) is 44.6 Å². The summed E-state index contributed by atoms with van der Waals surface area (Å²) in [6, 6.07) is 30.8. The smallest absolute Gasteiger partial charge is 0.113 e. The minimum atomic E-state index is -0.381. The predicted molar refractivity (Wildman–Crippen MR) is 118 cm³/mol. The third kappa shape index (κ3) is 6.26. The molecular formula is C26H31NO2. The molecule has 0 fully saturated rings. The lowest BCUT2D eigenvalue weighted by molar-refractivity contribution is -0.0941. The van der Waals surface area contributed by atoms with Crippen molar-refractivity contribution in [2.75, 3.05) is 6.61 Å². The van der Waals surface area contributed by atoms with Gasteiger partial charge in [0.25, 0.3) is 0 Å². The van der Waals surface area contributed by atoms with Crippen LogP contribution in [0.4, 0.5) is 0 Å². The Morgan fingerprint density at radius 1 is 0.724 bits per heavy atom. The Hall–Kier alpha value is -2.46. The molecule has 0 heterocycles. The zero-order valence-electron chi connectivity index (χ0n) is 17.3. The van der Waals surface area contributed by atoms with Gasteiger partial charge in [-0.15, -0.1) is 0 Å². The maximum Gasteiger partial charge on any atom is 0.113 e. The van der Waals surface area contributed by atoms with Gasteiger partial charge in [-0.2, -0.15) is 0 Å². The number of hydrogen-bond donors (Lipinski definition) is 1. The van der Waals surface area contributed by atoms with Crippen LogP contribution in [0.2, 0.25) is 0 Å². The number of benzene rings is 3. The quantitative estimate of drug-likeness (QED) is 0.474. The lowest BCUT2D eigenvalue weighted by Crippen LogP contribution is -2.41. The minimum absolute atomic E-state index is 0.244. The Bertz CT molecular complexity index is 834. The van der Waals surface area contributed by atoms with E-state index in [2.05, 4.69) is 43.3 Å². The molecule has 3 atom stereocenters.